The predicted molar refractivity (Wildman–Crippen MR) is 43.8 cm³/mol. The average molecular weight is 149 g/mol. The molecule has 0 radical (unpaired) electrons. The lowest BCUT2D eigenvalue weighted by atomic mass is 10.2. The quantitative estimate of drug-likeness (QED) is 0.587. The van der Waals surface area contributed by atoms with Crippen molar-refractivity contribution in [3.05, 3.63) is 23.5 Å². The van der Waals surface area contributed by atoms with Crippen molar-refractivity contribution in [3.8, 4) is 0 Å². The van der Waals surface area contributed by atoms with Gasteiger partial charge in [0.1, 0.15) is 0 Å². The van der Waals surface area contributed by atoms with Gasteiger partial charge in [-0.15, -0.1) is 0 Å². The number of hydrogen-bond donors (Lipinski definition) is 1. The van der Waals surface area contributed by atoms with E-state index < -0.39 is 0 Å². The summed E-state index contributed by atoms with van der Waals surface area (Å²) < 4.78 is 0. The molecule has 0 amide bonds. The number of rotatable bonds is 0. The number of fused-ring (bicyclic) bond motifs is 1. The number of aromatic nitrogens is 1. The molecule has 3 nitrogen and oxygen atoms in total. The molecule has 3 heteroatoms. The first-order valence-electron chi connectivity index (χ1n) is 3.68. The maximum Gasteiger partial charge on any atom is 0.0609 e. The highest BCUT2D eigenvalue weighted by Crippen LogP contribution is 2.23. The van der Waals surface area contributed by atoms with Crippen molar-refractivity contribution >= 4 is 5.69 Å². The van der Waals surface area contributed by atoms with Crippen LogP contribution < -0.4 is 5.73 Å². The Morgan fingerprint density at radius 1 is 1.55 bits per heavy atom. The van der Waals surface area contributed by atoms with E-state index in [2.05, 4.69) is 16.9 Å². The molecule has 58 valence electrons. The Morgan fingerprint density at radius 2 is 2.36 bits per heavy atom. The van der Waals surface area contributed by atoms with Crippen molar-refractivity contribution in [2.45, 2.75) is 13.1 Å². The van der Waals surface area contributed by atoms with Crippen LogP contribution in [0.15, 0.2) is 12.3 Å². The molecule has 0 bridgehead atoms. The molecule has 2 N–H and O–H groups in total. The van der Waals surface area contributed by atoms with Crippen molar-refractivity contribution < 1.29 is 0 Å². The number of hydrogen-bond acceptors (Lipinski definition) is 3. The van der Waals surface area contributed by atoms with E-state index >= 15 is 0 Å². The van der Waals surface area contributed by atoms with Crippen LogP contribution in [0.2, 0.25) is 0 Å². The lowest BCUT2D eigenvalue weighted by molar-refractivity contribution is 0.351. The zero-order valence-corrected chi connectivity index (χ0v) is 6.54. The third-order valence-electron chi connectivity index (χ3n) is 2.03. The summed E-state index contributed by atoms with van der Waals surface area (Å²) in [4.78, 5) is 6.45. The molecule has 0 spiro atoms. The number of anilines is 1. The Bertz CT molecular complexity index is 283. The minimum Gasteiger partial charge on any atom is -0.398 e. The van der Waals surface area contributed by atoms with Crippen LogP contribution in [0.3, 0.4) is 0 Å². The zero-order chi connectivity index (χ0) is 7.84. The van der Waals surface area contributed by atoms with Crippen LogP contribution in [0, 0.1) is 0 Å². The van der Waals surface area contributed by atoms with E-state index in [1.807, 2.05) is 6.07 Å². The molecule has 0 saturated carbocycles. The number of nitrogens with zero attached hydrogens (tertiary/aromatic N) is 2. The Hall–Kier alpha value is -1.09. The topological polar surface area (TPSA) is 42.2 Å². The van der Waals surface area contributed by atoms with Gasteiger partial charge < -0.3 is 5.73 Å². The highest BCUT2D eigenvalue weighted by molar-refractivity contribution is 5.49. The molecule has 0 saturated heterocycles. The molecule has 11 heavy (non-hydrogen) atoms. The smallest absolute Gasteiger partial charge is 0.0609 e. The molecule has 1 aromatic rings. The SMILES string of the molecule is CN1Cc2nccc(N)c2C1. The second kappa shape index (κ2) is 2.20. The second-order valence-corrected chi connectivity index (χ2v) is 3.00. The van der Waals surface area contributed by atoms with Crippen molar-refractivity contribution in [3.63, 3.8) is 0 Å². The van der Waals surface area contributed by atoms with Crippen LogP contribution in [0.25, 0.3) is 0 Å². The Balaban J connectivity index is 2.49. The minimum absolute atomic E-state index is 0.874. The maximum absolute atomic E-state index is 5.77. The summed E-state index contributed by atoms with van der Waals surface area (Å²) in [6.07, 6.45) is 1.77. The third-order valence-corrected chi connectivity index (χ3v) is 2.03. The summed E-state index contributed by atoms with van der Waals surface area (Å²) in [5, 5.41) is 0. The molecule has 0 atom stereocenters. The molecule has 2 rings (SSSR count). The summed E-state index contributed by atoms with van der Waals surface area (Å²) in [5.41, 5.74) is 8.98. The molecule has 1 aromatic heterocycles. The highest BCUT2D eigenvalue weighted by atomic mass is 15.1. The van der Waals surface area contributed by atoms with E-state index in [4.69, 9.17) is 5.73 Å². The van der Waals surface area contributed by atoms with Crippen LogP contribution in [0.4, 0.5) is 5.69 Å². The van der Waals surface area contributed by atoms with Gasteiger partial charge in [0.25, 0.3) is 0 Å². The first kappa shape index (κ1) is 6.61. The molecule has 0 fully saturated rings. The number of nitrogens with two attached hydrogens (primary N) is 1. The van der Waals surface area contributed by atoms with E-state index in [0.29, 0.717) is 0 Å². The fourth-order valence-electron chi connectivity index (χ4n) is 1.45. The van der Waals surface area contributed by atoms with E-state index in [0.717, 1.165) is 24.5 Å². The fraction of sp³-hybridized carbons (Fsp3) is 0.375. The van der Waals surface area contributed by atoms with E-state index in [-0.39, 0.29) is 0 Å². The molecule has 0 aliphatic carbocycles. The van der Waals surface area contributed by atoms with Gasteiger partial charge in [0.05, 0.1) is 5.69 Å². The lowest BCUT2D eigenvalue weighted by Gasteiger charge is -2.02. The molecular formula is C8H11N3. The molecular weight excluding hydrogens is 138 g/mol. The lowest BCUT2D eigenvalue weighted by Crippen LogP contribution is -2.08. The molecule has 2 heterocycles. The Morgan fingerprint density at radius 3 is 3.09 bits per heavy atom. The summed E-state index contributed by atoms with van der Waals surface area (Å²) in [6.45, 7) is 1.87. The van der Waals surface area contributed by atoms with Gasteiger partial charge in [-0.05, 0) is 13.1 Å². The minimum atomic E-state index is 0.874. The van der Waals surface area contributed by atoms with Crippen LogP contribution in [0.5, 0.6) is 0 Å². The van der Waals surface area contributed by atoms with E-state index in [1.165, 1.54) is 5.56 Å². The monoisotopic (exact) mass is 149 g/mol. The number of nitrogen functional groups attached to an aromatic ring is 1. The van der Waals surface area contributed by atoms with Gasteiger partial charge in [-0.1, -0.05) is 0 Å². The van der Waals surface area contributed by atoms with Crippen LogP contribution in [0.1, 0.15) is 11.3 Å². The van der Waals surface area contributed by atoms with Crippen LogP contribution >= 0.6 is 0 Å². The van der Waals surface area contributed by atoms with E-state index in [1.54, 1.807) is 6.20 Å². The van der Waals surface area contributed by atoms with Gasteiger partial charge in [0.2, 0.25) is 0 Å². The molecule has 1 aliphatic rings. The fourth-order valence-corrected chi connectivity index (χ4v) is 1.45. The standard InChI is InChI=1S/C8H11N3/c1-11-4-6-7(9)2-3-10-8(6)5-11/h2-3H,4-5H2,1H3,(H2,9,10). The van der Waals surface area contributed by atoms with Gasteiger partial charge in [-0.3, -0.25) is 9.88 Å². The van der Waals surface area contributed by atoms with Gasteiger partial charge in [0, 0.05) is 30.5 Å². The van der Waals surface area contributed by atoms with Crippen molar-refractivity contribution in [1.29, 1.82) is 0 Å². The van der Waals surface area contributed by atoms with Gasteiger partial charge in [0.15, 0.2) is 0 Å². The summed E-state index contributed by atoms with van der Waals surface area (Å²) in [5.74, 6) is 0. The number of pyridine rings is 1. The molecule has 0 unspecified atom stereocenters. The Labute approximate surface area is 65.8 Å². The first-order chi connectivity index (χ1) is 5.27. The third kappa shape index (κ3) is 0.973. The highest BCUT2D eigenvalue weighted by Gasteiger charge is 2.17. The first-order valence-corrected chi connectivity index (χ1v) is 3.68. The van der Waals surface area contributed by atoms with Gasteiger partial charge in [-0.2, -0.15) is 0 Å². The summed E-state index contributed by atoms with van der Waals surface area (Å²) in [7, 11) is 2.07. The molecule has 0 aromatic carbocycles. The van der Waals surface area contributed by atoms with Crippen LogP contribution in [-0.4, -0.2) is 16.9 Å². The predicted octanol–water partition coefficient (Wildman–Crippen LogP) is 0.609. The van der Waals surface area contributed by atoms with Gasteiger partial charge in [-0.25, -0.2) is 0 Å². The Kier molecular flexibility index (Phi) is 1.32. The van der Waals surface area contributed by atoms with Crippen LogP contribution in [-0.2, 0) is 13.1 Å². The van der Waals surface area contributed by atoms with Gasteiger partial charge >= 0.3 is 0 Å². The van der Waals surface area contributed by atoms with Crippen molar-refractivity contribution in [2.24, 2.45) is 0 Å². The average Bonchev–Trinajstić information content (AvgIpc) is 2.31. The summed E-state index contributed by atoms with van der Waals surface area (Å²) in [6, 6.07) is 1.86. The second-order valence-electron chi connectivity index (χ2n) is 3.00. The van der Waals surface area contributed by atoms with Crippen molar-refractivity contribution in [2.75, 3.05) is 12.8 Å². The molecule has 1 aliphatic heterocycles. The van der Waals surface area contributed by atoms with E-state index in [9.17, 15) is 0 Å². The zero-order valence-electron chi connectivity index (χ0n) is 6.54. The largest absolute Gasteiger partial charge is 0.398 e. The summed E-state index contributed by atoms with van der Waals surface area (Å²) >= 11 is 0. The maximum atomic E-state index is 5.77. The van der Waals surface area contributed by atoms with Crippen molar-refractivity contribution in [1.82, 2.24) is 9.88 Å². The normalized spacial score (nSPS) is 16.8.